The van der Waals surface area contributed by atoms with Gasteiger partial charge in [0.05, 0.1) is 15.9 Å². The van der Waals surface area contributed by atoms with Gasteiger partial charge < -0.3 is 9.15 Å². The van der Waals surface area contributed by atoms with E-state index in [0.717, 1.165) is 6.07 Å². The van der Waals surface area contributed by atoms with Crippen LogP contribution in [0.5, 0.6) is 0 Å². The number of hydrogen-bond acceptors (Lipinski definition) is 6. The third-order valence-electron chi connectivity index (χ3n) is 3.44. The van der Waals surface area contributed by atoms with Crippen LogP contribution >= 0.6 is 11.6 Å². The van der Waals surface area contributed by atoms with Crippen LogP contribution in [0.4, 0.5) is 5.69 Å². The van der Waals surface area contributed by atoms with Crippen LogP contribution in [0, 0.1) is 10.1 Å². The molecule has 0 atom stereocenters. The number of nitro benzene ring substituents is 1. The number of hydrogen-bond donors (Lipinski definition) is 0. The molecule has 0 spiro atoms. The summed E-state index contributed by atoms with van der Waals surface area (Å²) in [5.41, 5.74) is -0.184. The Morgan fingerprint density at radius 3 is 2.72 bits per heavy atom. The van der Waals surface area contributed by atoms with E-state index in [0.29, 0.717) is 5.02 Å². The Morgan fingerprint density at radius 2 is 1.96 bits per heavy atom. The van der Waals surface area contributed by atoms with E-state index in [2.05, 4.69) is 0 Å². The first-order valence-corrected chi connectivity index (χ1v) is 7.46. The summed E-state index contributed by atoms with van der Waals surface area (Å²) in [5, 5.41) is 11.6. The molecule has 1 aromatic heterocycles. The van der Waals surface area contributed by atoms with Gasteiger partial charge >= 0.3 is 5.97 Å². The largest absolute Gasteiger partial charge is 0.455 e. The third-order valence-corrected chi connectivity index (χ3v) is 3.67. The number of ether oxygens (including phenoxy) is 1. The van der Waals surface area contributed by atoms with Crippen LogP contribution in [0.3, 0.4) is 0 Å². The summed E-state index contributed by atoms with van der Waals surface area (Å²) in [5.74, 6) is -1.19. The molecule has 0 saturated carbocycles. The van der Waals surface area contributed by atoms with E-state index in [9.17, 15) is 19.7 Å². The minimum Gasteiger partial charge on any atom is -0.455 e. The summed E-state index contributed by atoms with van der Waals surface area (Å²) in [6, 6.07) is 11.3. The molecule has 0 bridgehead atoms. The van der Waals surface area contributed by atoms with E-state index in [1.165, 1.54) is 36.4 Å². The van der Waals surface area contributed by atoms with Crippen LogP contribution < -0.4 is 5.43 Å². The van der Waals surface area contributed by atoms with Crippen molar-refractivity contribution in [2.24, 2.45) is 0 Å². The Balaban J connectivity index is 1.85. The quantitative estimate of drug-likeness (QED) is 0.400. The van der Waals surface area contributed by atoms with E-state index >= 15 is 0 Å². The Hall–Kier alpha value is -3.19. The predicted molar refractivity (Wildman–Crippen MR) is 89.7 cm³/mol. The van der Waals surface area contributed by atoms with Crippen molar-refractivity contribution in [1.29, 1.82) is 0 Å². The van der Waals surface area contributed by atoms with Gasteiger partial charge in [0.2, 0.25) is 5.76 Å². The smallest absolute Gasteiger partial charge is 0.374 e. The Labute approximate surface area is 145 Å². The number of nitro groups is 1. The molecule has 2 aromatic carbocycles. The van der Waals surface area contributed by atoms with Gasteiger partial charge in [-0.15, -0.1) is 0 Å². The normalized spacial score (nSPS) is 10.6. The van der Waals surface area contributed by atoms with Crippen LogP contribution in [0.25, 0.3) is 11.0 Å². The summed E-state index contributed by atoms with van der Waals surface area (Å²) >= 11 is 5.82. The van der Waals surface area contributed by atoms with E-state index < -0.39 is 16.3 Å². The first kappa shape index (κ1) is 16.7. The number of fused-ring (bicyclic) bond motifs is 1. The van der Waals surface area contributed by atoms with Gasteiger partial charge in [-0.2, -0.15) is 0 Å². The highest BCUT2D eigenvalue weighted by molar-refractivity contribution is 6.31. The number of carbonyl (C=O) groups is 1. The molecule has 3 rings (SSSR count). The zero-order valence-corrected chi connectivity index (χ0v) is 13.4. The average Bonchev–Trinajstić information content (AvgIpc) is 2.60. The summed E-state index contributed by atoms with van der Waals surface area (Å²) < 4.78 is 10.4. The van der Waals surface area contributed by atoms with Gasteiger partial charge in [0.15, 0.2) is 5.43 Å². The Bertz CT molecular complexity index is 1040. The molecule has 3 aromatic rings. The Morgan fingerprint density at radius 1 is 1.20 bits per heavy atom. The standard InChI is InChI=1S/C17H10ClNO6/c18-11-5-6-15-12(7-11)14(20)8-16(25-15)17(21)24-9-10-3-1-2-4-13(10)19(22)23/h1-8H,9H2. The molecular formula is C17H10ClNO6. The van der Waals surface area contributed by atoms with Crippen molar-refractivity contribution < 1.29 is 18.9 Å². The molecule has 0 fully saturated rings. The van der Waals surface area contributed by atoms with Crippen molar-refractivity contribution in [2.45, 2.75) is 6.61 Å². The lowest BCUT2D eigenvalue weighted by Gasteiger charge is -2.06. The zero-order chi connectivity index (χ0) is 18.0. The molecule has 1 heterocycles. The first-order valence-electron chi connectivity index (χ1n) is 7.08. The second kappa shape index (κ2) is 6.74. The zero-order valence-electron chi connectivity index (χ0n) is 12.6. The molecule has 0 aliphatic heterocycles. The highest BCUT2D eigenvalue weighted by atomic mass is 35.5. The van der Waals surface area contributed by atoms with Gasteiger partial charge in [0.1, 0.15) is 12.2 Å². The van der Waals surface area contributed by atoms with Gasteiger partial charge in [-0.3, -0.25) is 14.9 Å². The fraction of sp³-hybridized carbons (Fsp3) is 0.0588. The van der Waals surface area contributed by atoms with Crippen LogP contribution in [0.1, 0.15) is 16.1 Å². The summed E-state index contributed by atoms with van der Waals surface area (Å²) in [7, 11) is 0. The predicted octanol–water partition coefficient (Wildman–Crippen LogP) is 3.71. The van der Waals surface area contributed by atoms with Crippen molar-refractivity contribution in [3.05, 3.63) is 85.2 Å². The molecule has 8 heteroatoms. The fourth-order valence-electron chi connectivity index (χ4n) is 2.25. The second-order valence-electron chi connectivity index (χ2n) is 5.08. The number of nitrogens with zero attached hydrogens (tertiary/aromatic N) is 1. The molecule has 7 nitrogen and oxygen atoms in total. The van der Waals surface area contributed by atoms with Gasteiger partial charge in [-0.25, -0.2) is 4.79 Å². The van der Waals surface area contributed by atoms with Crippen molar-refractivity contribution in [1.82, 2.24) is 0 Å². The lowest BCUT2D eigenvalue weighted by Crippen LogP contribution is -2.10. The third kappa shape index (κ3) is 3.51. The minimum atomic E-state index is -0.896. The van der Waals surface area contributed by atoms with Gasteiger partial charge in [0, 0.05) is 17.2 Å². The number of carbonyl (C=O) groups excluding carboxylic acids is 1. The number of rotatable bonds is 4. The SMILES string of the molecule is O=C(OCc1ccccc1[N+](=O)[O-])c1cc(=O)c2cc(Cl)ccc2o1. The van der Waals surface area contributed by atoms with Crippen LogP contribution in [-0.4, -0.2) is 10.9 Å². The maximum Gasteiger partial charge on any atom is 0.374 e. The maximum atomic E-state index is 12.1. The highest BCUT2D eigenvalue weighted by Gasteiger charge is 2.17. The van der Waals surface area contributed by atoms with Crippen LogP contribution in [0.2, 0.25) is 5.02 Å². The highest BCUT2D eigenvalue weighted by Crippen LogP contribution is 2.20. The van der Waals surface area contributed by atoms with Gasteiger partial charge in [-0.05, 0) is 24.3 Å². The van der Waals surface area contributed by atoms with Crippen molar-refractivity contribution in [3.63, 3.8) is 0 Å². The van der Waals surface area contributed by atoms with Gasteiger partial charge in [-0.1, -0.05) is 23.7 Å². The van der Waals surface area contributed by atoms with Gasteiger partial charge in [0.25, 0.3) is 5.69 Å². The molecule has 126 valence electrons. The molecule has 0 amide bonds. The molecule has 0 aliphatic carbocycles. The van der Waals surface area contributed by atoms with Crippen molar-refractivity contribution in [3.8, 4) is 0 Å². The van der Waals surface area contributed by atoms with E-state index in [1.54, 1.807) is 6.07 Å². The van der Waals surface area contributed by atoms with Crippen LogP contribution in [0.15, 0.2) is 57.7 Å². The molecule has 0 saturated heterocycles. The summed E-state index contributed by atoms with van der Waals surface area (Å²) in [6.45, 7) is -0.321. The Kier molecular flexibility index (Phi) is 4.49. The topological polar surface area (TPSA) is 99.6 Å². The lowest BCUT2D eigenvalue weighted by molar-refractivity contribution is -0.385. The number of halogens is 1. The number of para-hydroxylation sites is 1. The minimum absolute atomic E-state index is 0.162. The molecule has 0 N–H and O–H groups in total. The monoisotopic (exact) mass is 359 g/mol. The van der Waals surface area contributed by atoms with E-state index in [1.807, 2.05) is 0 Å². The molecule has 0 aliphatic rings. The lowest BCUT2D eigenvalue weighted by atomic mass is 10.2. The maximum absolute atomic E-state index is 12.1. The van der Waals surface area contributed by atoms with Crippen molar-refractivity contribution >= 4 is 34.2 Å². The molecule has 0 unspecified atom stereocenters. The second-order valence-corrected chi connectivity index (χ2v) is 5.51. The molecule has 25 heavy (non-hydrogen) atoms. The first-order chi connectivity index (χ1) is 12.0. The fourth-order valence-corrected chi connectivity index (χ4v) is 2.43. The summed E-state index contributed by atoms with van der Waals surface area (Å²) in [4.78, 5) is 34.6. The molecule has 0 radical (unpaired) electrons. The average molecular weight is 360 g/mol. The number of esters is 1. The van der Waals surface area contributed by atoms with Crippen molar-refractivity contribution in [2.75, 3.05) is 0 Å². The number of benzene rings is 2. The molecular weight excluding hydrogens is 350 g/mol. The van der Waals surface area contributed by atoms with Crippen LogP contribution in [-0.2, 0) is 11.3 Å². The van der Waals surface area contributed by atoms with E-state index in [-0.39, 0.29) is 34.6 Å². The van der Waals surface area contributed by atoms with E-state index in [4.69, 9.17) is 20.8 Å². The summed E-state index contributed by atoms with van der Waals surface area (Å²) in [6.07, 6.45) is 0.